The van der Waals surface area contributed by atoms with Crippen LogP contribution in [0.1, 0.15) is 107 Å². The molecule has 0 amide bonds. The minimum atomic E-state index is -0.605. The van der Waals surface area contributed by atoms with Crippen molar-refractivity contribution < 1.29 is 13.5 Å². The average Bonchev–Trinajstić information content (AvgIpc) is 3.76. The van der Waals surface area contributed by atoms with Crippen molar-refractivity contribution in [1.29, 1.82) is 0 Å². The molecular formula is C33H46F2O. The lowest BCUT2D eigenvalue weighted by atomic mass is 9.70. The predicted octanol–water partition coefficient (Wildman–Crippen LogP) is 9.32. The first-order chi connectivity index (χ1) is 17.6. The monoisotopic (exact) mass is 496 g/mol. The first-order valence-electron chi connectivity index (χ1n) is 15.1. The lowest BCUT2D eigenvalue weighted by Crippen LogP contribution is -2.24. The van der Waals surface area contributed by atoms with Crippen LogP contribution in [-0.2, 0) is 11.2 Å². The number of epoxide rings is 1. The summed E-state index contributed by atoms with van der Waals surface area (Å²) in [6.07, 6.45) is 25.8. The Hall–Kier alpha value is -1.48. The van der Waals surface area contributed by atoms with E-state index in [0.29, 0.717) is 47.3 Å². The van der Waals surface area contributed by atoms with Crippen LogP contribution in [0.4, 0.5) is 8.78 Å². The third-order valence-electron chi connectivity index (χ3n) is 9.86. The molecule has 1 heterocycles. The Labute approximate surface area is 217 Å². The van der Waals surface area contributed by atoms with E-state index in [1.54, 1.807) is 0 Å². The largest absolute Gasteiger partial charge is 0.372 e. The fourth-order valence-corrected chi connectivity index (χ4v) is 7.44. The zero-order valence-electron chi connectivity index (χ0n) is 22.3. The quantitative estimate of drug-likeness (QED) is 0.245. The first kappa shape index (κ1) is 26.1. The van der Waals surface area contributed by atoms with Crippen molar-refractivity contribution in [3.63, 3.8) is 0 Å². The molecule has 3 unspecified atom stereocenters. The minimum Gasteiger partial charge on any atom is -0.372 e. The Balaban J connectivity index is 1.08. The van der Waals surface area contributed by atoms with E-state index in [-0.39, 0.29) is 5.92 Å². The van der Waals surface area contributed by atoms with Gasteiger partial charge in [-0.1, -0.05) is 56.2 Å². The summed E-state index contributed by atoms with van der Waals surface area (Å²) in [4.78, 5) is 0. The lowest BCUT2D eigenvalue weighted by Gasteiger charge is -2.35. The number of hydrogen-bond acceptors (Lipinski definition) is 1. The highest BCUT2D eigenvalue weighted by molar-refractivity contribution is 5.30. The summed E-state index contributed by atoms with van der Waals surface area (Å²) in [6, 6.07) is 3.74. The average molecular weight is 497 g/mol. The summed E-state index contributed by atoms with van der Waals surface area (Å²) in [5.74, 6) is 2.54. The highest BCUT2D eigenvalue weighted by atomic mass is 19.2. The molecule has 3 aliphatic carbocycles. The van der Waals surface area contributed by atoms with E-state index >= 15 is 4.39 Å². The molecule has 0 aromatic heterocycles. The number of rotatable bonds is 9. The number of allylic oxidation sites excluding steroid dienone is 3. The van der Waals surface area contributed by atoms with Crippen LogP contribution in [0.2, 0.25) is 0 Å². The van der Waals surface area contributed by atoms with Crippen LogP contribution in [0.25, 0.3) is 0 Å². The summed E-state index contributed by atoms with van der Waals surface area (Å²) in [5.41, 5.74) is 1.14. The van der Waals surface area contributed by atoms with Crippen molar-refractivity contribution in [2.45, 2.75) is 109 Å². The molecular weight excluding hydrogens is 450 g/mol. The molecule has 1 nitrogen and oxygen atoms in total. The van der Waals surface area contributed by atoms with Gasteiger partial charge < -0.3 is 4.74 Å². The fourth-order valence-electron chi connectivity index (χ4n) is 7.44. The molecule has 2 saturated carbocycles. The van der Waals surface area contributed by atoms with Gasteiger partial charge in [0.1, 0.15) is 0 Å². The summed E-state index contributed by atoms with van der Waals surface area (Å²) in [6.45, 7) is 3.21. The minimum absolute atomic E-state index is 0.160. The van der Waals surface area contributed by atoms with E-state index in [0.717, 1.165) is 44.6 Å². The van der Waals surface area contributed by atoms with E-state index in [1.165, 1.54) is 51.4 Å². The van der Waals surface area contributed by atoms with Crippen LogP contribution in [0.3, 0.4) is 0 Å². The Morgan fingerprint density at radius 1 is 0.861 bits per heavy atom. The second-order valence-electron chi connectivity index (χ2n) is 12.3. The first-order valence-corrected chi connectivity index (χ1v) is 15.1. The molecule has 3 heteroatoms. The second-order valence-corrected chi connectivity index (χ2v) is 12.3. The van der Waals surface area contributed by atoms with E-state index in [1.807, 2.05) is 12.1 Å². The maximum absolute atomic E-state index is 15.1. The molecule has 1 aromatic rings. The van der Waals surface area contributed by atoms with Gasteiger partial charge in [-0.15, -0.1) is 0 Å². The number of ether oxygens (including phenoxy) is 1. The topological polar surface area (TPSA) is 12.5 Å². The predicted molar refractivity (Wildman–Crippen MR) is 144 cm³/mol. The molecule has 1 saturated heterocycles. The van der Waals surface area contributed by atoms with Crippen molar-refractivity contribution in [2.24, 2.45) is 29.6 Å². The number of hydrogen-bond donors (Lipinski definition) is 0. The molecule has 198 valence electrons. The normalized spacial score (nSPS) is 34.8. The Kier molecular flexibility index (Phi) is 8.99. The number of aryl methyl sites for hydroxylation is 1. The van der Waals surface area contributed by atoms with E-state index < -0.39 is 11.6 Å². The van der Waals surface area contributed by atoms with Gasteiger partial charge >= 0.3 is 0 Å². The van der Waals surface area contributed by atoms with E-state index in [9.17, 15) is 4.39 Å². The van der Waals surface area contributed by atoms with Crippen molar-refractivity contribution in [3.8, 4) is 0 Å². The molecule has 0 radical (unpaired) electrons. The molecule has 3 fully saturated rings. The fraction of sp³-hybridized carbons (Fsp3) is 0.697. The van der Waals surface area contributed by atoms with E-state index in [4.69, 9.17) is 4.74 Å². The molecule has 4 aliphatic rings. The molecule has 3 atom stereocenters. The van der Waals surface area contributed by atoms with Gasteiger partial charge in [0.25, 0.3) is 0 Å². The van der Waals surface area contributed by atoms with Gasteiger partial charge in [0.2, 0.25) is 0 Å². The highest BCUT2D eigenvalue weighted by Crippen LogP contribution is 2.44. The van der Waals surface area contributed by atoms with Crippen LogP contribution >= 0.6 is 0 Å². The standard InChI is InChI=1S/C33H46F2O/c1-2-5-23-8-10-24(11-9-23)6-3-4-7-29-20-21-30(33(35)32(29)34)27-16-12-25(13-17-27)26-14-18-28(19-15-26)31-22-36-31/h3,6,14,18,20-21,23-28,31H,2,4-5,7-13,15-17,19,22H2,1H3/b6-3+. The molecule has 1 aromatic carbocycles. The zero-order valence-corrected chi connectivity index (χ0v) is 22.3. The van der Waals surface area contributed by atoms with Crippen LogP contribution < -0.4 is 0 Å². The Bertz CT molecular complexity index is 901. The van der Waals surface area contributed by atoms with Crippen molar-refractivity contribution in [2.75, 3.05) is 6.61 Å². The summed E-state index contributed by atoms with van der Waals surface area (Å²) < 4.78 is 35.5. The Morgan fingerprint density at radius 3 is 2.25 bits per heavy atom. The van der Waals surface area contributed by atoms with Gasteiger partial charge in [0.15, 0.2) is 11.6 Å². The van der Waals surface area contributed by atoms with Crippen LogP contribution in [0, 0.1) is 41.2 Å². The maximum Gasteiger partial charge on any atom is 0.162 e. The van der Waals surface area contributed by atoms with Gasteiger partial charge in [-0.05, 0) is 118 Å². The number of benzene rings is 1. The third kappa shape index (κ3) is 6.50. The molecule has 0 bridgehead atoms. The maximum atomic E-state index is 15.1. The van der Waals surface area contributed by atoms with Crippen molar-refractivity contribution in [3.05, 3.63) is 59.2 Å². The van der Waals surface area contributed by atoms with Gasteiger partial charge in [-0.2, -0.15) is 0 Å². The molecule has 5 rings (SSSR count). The van der Waals surface area contributed by atoms with Crippen LogP contribution in [-0.4, -0.2) is 12.7 Å². The van der Waals surface area contributed by atoms with Gasteiger partial charge in [-0.3, -0.25) is 0 Å². The van der Waals surface area contributed by atoms with Crippen LogP contribution in [0.15, 0.2) is 36.4 Å². The van der Waals surface area contributed by atoms with Gasteiger partial charge in [-0.25, -0.2) is 8.78 Å². The van der Waals surface area contributed by atoms with Gasteiger partial charge in [0, 0.05) is 5.92 Å². The Morgan fingerprint density at radius 2 is 1.58 bits per heavy atom. The molecule has 0 spiro atoms. The summed E-state index contributed by atoms with van der Waals surface area (Å²) >= 11 is 0. The number of halogens is 2. The van der Waals surface area contributed by atoms with Gasteiger partial charge in [0.05, 0.1) is 12.7 Å². The summed E-state index contributed by atoms with van der Waals surface area (Å²) in [5, 5.41) is 0. The van der Waals surface area contributed by atoms with Crippen molar-refractivity contribution >= 4 is 0 Å². The smallest absolute Gasteiger partial charge is 0.162 e. The second kappa shape index (κ2) is 12.4. The molecule has 1 aliphatic heterocycles. The summed E-state index contributed by atoms with van der Waals surface area (Å²) in [7, 11) is 0. The molecule has 0 N–H and O–H groups in total. The SMILES string of the molecule is CCCC1CCC(/C=C/CCc2ccc(C3CCC(C4C=CC(C5CO5)CC4)CC3)c(F)c2F)CC1. The third-order valence-corrected chi connectivity index (χ3v) is 9.86. The molecule has 36 heavy (non-hydrogen) atoms. The zero-order chi connectivity index (χ0) is 24.9. The highest BCUT2D eigenvalue weighted by Gasteiger charge is 2.35. The van der Waals surface area contributed by atoms with Crippen molar-refractivity contribution in [1.82, 2.24) is 0 Å². The lowest BCUT2D eigenvalue weighted by molar-refractivity contribution is 0.230. The van der Waals surface area contributed by atoms with Crippen LogP contribution in [0.5, 0.6) is 0 Å². The van der Waals surface area contributed by atoms with E-state index in [2.05, 4.69) is 31.2 Å².